The van der Waals surface area contributed by atoms with E-state index in [9.17, 15) is 0 Å². The van der Waals surface area contributed by atoms with Crippen LogP contribution >= 0.6 is 11.3 Å². The molecule has 1 aromatic carbocycles. The van der Waals surface area contributed by atoms with Gasteiger partial charge in [-0.1, -0.05) is 13.8 Å². The third kappa shape index (κ3) is 2.90. The largest absolute Gasteiger partial charge is 0.370 e. The fourth-order valence-corrected chi connectivity index (χ4v) is 3.02. The lowest BCUT2D eigenvalue weighted by molar-refractivity contribution is 0.962. The van der Waals surface area contributed by atoms with E-state index in [1.165, 1.54) is 10.9 Å². The van der Waals surface area contributed by atoms with Crippen molar-refractivity contribution in [1.29, 1.82) is 0 Å². The Labute approximate surface area is 129 Å². The average Bonchev–Trinajstić information content (AvgIpc) is 3.05. The van der Waals surface area contributed by atoms with Crippen molar-refractivity contribution in [2.24, 2.45) is 0 Å². The van der Waals surface area contributed by atoms with E-state index >= 15 is 0 Å². The van der Waals surface area contributed by atoms with E-state index in [1.54, 1.807) is 11.3 Å². The lowest BCUT2D eigenvalue weighted by Crippen LogP contribution is -2.05. The van der Waals surface area contributed by atoms with Crippen LogP contribution in [0.3, 0.4) is 0 Å². The molecule has 0 saturated carbocycles. The van der Waals surface area contributed by atoms with Crippen molar-refractivity contribution >= 4 is 28.1 Å². The molecule has 0 spiro atoms. The van der Waals surface area contributed by atoms with E-state index in [-0.39, 0.29) is 0 Å². The van der Waals surface area contributed by atoms with Crippen molar-refractivity contribution in [3.05, 3.63) is 41.4 Å². The predicted molar refractivity (Wildman–Crippen MR) is 91.0 cm³/mol. The fraction of sp³-hybridized carbons (Fsp3) is 0.294. The van der Waals surface area contributed by atoms with Gasteiger partial charge in [-0.15, -0.1) is 11.3 Å². The predicted octanol–water partition coefficient (Wildman–Crippen LogP) is 4.74. The van der Waals surface area contributed by atoms with Crippen molar-refractivity contribution in [1.82, 2.24) is 9.97 Å². The SMILES string of the molecule is CCCNc1nc2ccc(-c3nccs3)cc2cc1CC. The highest BCUT2D eigenvalue weighted by Gasteiger charge is 2.07. The van der Waals surface area contributed by atoms with Crippen LogP contribution in [0.1, 0.15) is 25.8 Å². The summed E-state index contributed by atoms with van der Waals surface area (Å²) in [6.07, 6.45) is 3.93. The van der Waals surface area contributed by atoms with Crippen molar-refractivity contribution in [2.45, 2.75) is 26.7 Å². The number of nitrogens with one attached hydrogen (secondary N) is 1. The molecule has 1 N–H and O–H groups in total. The minimum absolute atomic E-state index is 0.961. The Hall–Kier alpha value is -1.94. The molecule has 0 amide bonds. The third-order valence-corrected chi connectivity index (χ3v) is 4.32. The monoisotopic (exact) mass is 297 g/mol. The summed E-state index contributed by atoms with van der Waals surface area (Å²) in [4.78, 5) is 9.16. The summed E-state index contributed by atoms with van der Waals surface area (Å²) in [5.41, 5.74) is 3.47. The number of benzene rings is 1. The Balaban J connectivity index is 2.05. The van der Waals surface area contributed by atoms with Crippen LogP contribution in [0.2, 0.25) is 0 Å². The number of thiazole rings is 1. The number of pyridine rings is 1. The van der Waals surface area contributed by atoms with Crippen LogP contribution < -0.4 is 5.32 Å². The fourth-order valence-electron chi connectivity index (χ4n) is 2.39. The highest BCUT2D eigenvalue weighted by molar-refractivity contribution is 7.13. The van der Waals surface area contributed by atoms with Crippen LogP contribution in [0.15, 0.2) is 35.8 Å². The first kappa shape index (κ1) is 14.0. The van der Waals surface area contributed by atoms with Crippen molar-refractivity contribution < 1.29 is 0 Å². The van der Waals surface area contributed by atoms with Crippen LogP contribution in [0.4, 0.5) is 5.82 Å². The van der Waals surface area contributed by atoms with Gasteiger partial charge in [0.1, 0.15) is 10.8 Å². The summed E-state index contributed by atoms with van der Waals surface area (Å²) in [5, 5.41) is 7.67. The first-order valence-electron chi connectivity index (χ1n) is 7.39. The lowest BCUT2D eigenvalue weighted by atomic mass is 10.1. The summed E-state index contributed by atoms with van der Waals surface area (Å²) >= 11 is 1.66. The summed E-state index contributed by atoms with van der Waals surface area (Å²) in [5.74, 6) is 1.02. The average molecular weight is 297 g/mol. The summed E-state index contributed by atoms with van der Waals surface area (Å²) in [6, 6.07) is 8.62. The molecule has 0 aliphatic rings. The second-order valence-corrected chi connectivity index (χ2v) is 5.92. The molecule has 21 heavy (non-hydrogen) atoms. The number of anilines is 1. The van der Waals surface area contributed by atoms with Crippen molar-refractivity contribution in [2.75, 3.05) is 11.9 Å². The van der Waals surface area contributed by atoms with Crippen LogP contribution in [0, 0.1) is 0 Å². The summed E-state index contributed by atoms with van der Waals surface area (Å²) in [6.45, 7) is 5.30. The molecular formula is C17H19N3S. The van der Waals surface area contributed by atoms with E-state index in [2.05, 4.69) is 48.4 Å². The first-order chi connectivity index (χ1) is 10.3. The Morgan fingerprint density at radius 2 is 2.10 bits per heavy atom. The molecule has 0 aliphatic carbocycles. The Bertz CT molecular complexity index is 735. The standard InChI is InChI=1S/C17H19N3S/c1-3-7-18-16-12(4-2)10-14-11-13(5-6-15(14)20-16)17-19-8-9-21-17/h5-6,8-11H,3-4,7H2,1-2H3,(H,18,20). The smallest absolute Gasteiger partial charge is 0.129 e. The molecule has 4 heteroatoms. The van der Waals surface area contributed by atoms with E-state index in [4.69, 9.17) is 4.98 Å². The second-order valence-electron chi connectivity index (χ2n) is 5.02. The molecule has 2 heterocycles. The second kappa shape index (κ2) is 6.22. The Morgan fingerprint density at radius 1 is 1.19 bits per heavy atom. The molecular weight excluding hydrogens is 278 g/mol. The zero-order chi connectivity index (χ0) is 14.7. The van der Waals surface area contributed by atoms with Gasteiger partial charge in [0.2, 0.25) is 0 Å². The molecule has 3 aromatic rings. The lowest BCUT2D eigenvalue weighted by Gasteiger charge is -2.11. The van der Waals surface area contributed by atoms with Crippen LogP contribution in [0.25, 0.3) is 21.5 Å². The molecule has 3 rings (SSSR count). The number of hydrogen-bond acceptors (Lipinski definition) is 4. The van der Waals surface area contributed by atoms with Crippen molar-refractivity contribution in [3.63, 3.8) is 0 Å². The number of rotatable bonds is 5. The van der Waals surface area contributed by atoms with E-state index in [1.807, 2.05) is 11.6 Å². The van der Waals surface area contributed by atoms with Gasteiger partial charge in [0.05, 0.1) is 5.52 Å². The summed E-state index contributed by atoms with van der Waals surface area (Å²) in [7, 11) is 0. The van der Waals surface area contributed by atoms with Gasteiger partial charge in [-0.2, -0.15) is 0 Å². The molecule has 0 unspecified atom stereocenters. The third-order valence-electron chi connectivity index (χ3n) is 3.50. The number of aromatic nitrogens is 2. The molecule has 2 aromatic heterocycles. The van der Waals surface area contributed by atoms with E-state index in [0.717, 1.165) is 41.3 Å². The van der Waals surface area contributed by atoms with Crippen molar-refractivity contribution in [3.8, 4) is 10.6 Å². The number of nitrogens with zero attached hydrogens (tertiary/aromatic N) is 2. The maximum absolute atomic E-state index is 4.78. The zero-order valence-electron chi connectivity index (χ0n) is 12.4. The molecule has 0 radical (unpaired) electrons. The Kier molecular flexibility index (Phi) is 4.15. The van der Waals surface area contributed by atoms with Gasteiger partial charge in [-0.05, 0) is 42.7 Å². The van der Waals surface area contributed by atoms with Gasteiger partial charge in [-0.3, -0.25) is 0 Å². The minimum atomic E-state index is 0.961. The van der Waals surface area contributed by atoms with Gasteiger partial charge in [0, 0.05) is 29.1 Å². The van der Waals surface area contributed by atoms with Gasteiger partial charge in [0.25, 0.3) is 0 Å². The number of fused-ring (bicyclic) bond motifs is 1. The molecule has 0 saturated heterocycles. The van der Waals surface area contributed by atoms with E-state index in [0.29, 0.717) is 0 Å². The van der Waals surface area contributed by atoms with Crippen LogP contribution in [0.5, 0.6) is 0 Å². The molecule has 0 bridgehead atoms. The molecule has 0 aliphatic heterocycles. The number of hydrogen-bond donors (Lipinski definition) is 1. The normalized spacial score (nSPS) is 11.0. The van der Waals surface area contributed by atoms with Crippen LogP contribution in [-0.2, 0) is 6.42 Å². The molecule has 0 atom stereocenters. The highest BCUT2D eigenvalue weighted by Crippen LogP contribution is 2.27. The number of aryl methyl sites for hydroxylation is 1. The van der Waals surface area contributed by atoms with Gasteiger partial charge < -0.3 is 5.32 Å². The topological polar surface area (TPSA) is 37.8 Å². The van der Waals surface area contributed by atoms with Gasteiger partial charge >= 0.3 is 0 Å². The first-order valence-corrected chi connectivity index (χ1v) is 8.27. The quantitative estimate of drug-likeness (QED) is 0.739. The zero-order valence-corrected chi connectivity index (χ0v) is 13.2. The highest BCUT2D eigenvalue weighted by atomic mass is 32.1. The van der Waals surface area contributed by atoms with E-state index < -0.39 is 0 Å². The molecule has 3 nitrogen and oxygen atoms in total. The molecule has 0 fully saturated rings. The molecule has 108 valence electrons. The maximum atomic E-state index is 4.78. The summed E-state index contributed by atoms with van der Waals surface area (Å²) < 4.78 is 0. The maximum Gasteiger partial charge on any atom is 0.129 e. The van der Waals surface area contributed by atoms with Gasteiger partial charge in [0.15, 0.2) is 0 Å². The van der Waals surface area contributed by atoms with Gasteiger partial charge in [-0.25, -0.2) is 9.97 Å². The van der Waals surface area contributed by atoms with Crippen LogP contribution in [-0.4, -0.2) is 16.5 Å². The minimum Gasteiger partial charge on any atom is -0.370 e. The Morgan fingerprint density at radius 3 is 2.81 bits per heavy atom.